The minimum atomic E-state index is -0.0402. The molecule has 2 heterocycles. The fourth-order valence-corrected chi connectivity index (χ4v) is 4.16. The second-order valence-electron chi connectivity index (χ2n) is 5.81. The predicted octanol–water partition coefficient (Wildman–Crippen LogP) is 4.71. The molecule has 3 aromatic rings. The SMILES string of the molecule is CCCc1ccc(NC(=O)CSc2nnc(-c3cccs3)n2CC)cc1. The quantitative estimate of drug-likeness (QED) is 0.570. The van der Waals surface area contributed by atoms with Gasteiger partial charge in [0, 0.05) is 12.2 Å². The maximum absolute atomic E-state index is 12.2. The van der Waals surface area contributed by atoms with Gasteiger partial charge in [0.25, 0.3) is 0 Å². The number of carbonyl (C=O) groups excluding carboxylic acids is 1. The van der Waals surface area contributed by atoms with Crippen molar-refractivity contribution < 1.29 is 4.79 Å². The molecule has 1 aromatic carbocycles. The van der Waals surface area contributed by atoms with Gasteiger partial charge in [0.05, 0.1) is 10.6 Å². The number of rotatable bonds is 8. The van der Waals surface area contributed by atoms with E-state index in [0.717, 1.165) is 40.9 Å². The van der Waals surface area contributed by atoms with Crippen molar-refractivity contribution in [2.75, 3.05) is 11.1 Å². The van der Waals surface area contributed by atoms with Crippen molar-refractivity contribution in [3.8, 4) is 10.7 Å². The Morgan fingerprint density at radius 1 is 1.19 bits per heavy atom. The van der Waals surface area contributed by atoms with Crippen LogP contribution in [0.4, 0.5) is 5.69 Å². The van der Waals surface area contributed by atoms with E-state index in [4.69, 9.17) is 0 Å². The second-order valence-corrected chi connectivity index (χ2v) is 7.70. The Balaban J connectivity index is 1.59. The summed E-state index contributed by atoms with van der Waals surface area (Å²) >= 11 is 3.05. The standard InChI is InChI=1S/C19H22N4OS2/c1-3-6-14-8-10-15(11-9-14)20-17(24)13-26-19-22-21-18(23(19)4-2)16-7-5-12-25-16/h5,7-12H,3-4,6,13H2,1-2H3,(H,20,24). The fourth-order valence-electron chi connectivity index (χ4n) is 2.64. The Morgan fingerprint density at radius 3 is 2.65 bits per heavy atom. The summed E-state index contributed by atoms with van der Waals surface area (Å²) < 4.78 is 2.04. The van der Waals surface area contributed by atoms with Gasteiger partial charge in [-0.15, -0.1) is 21.5 Å². The van der Waals surface area contributed by atoms with Crippen LogP contribution in [0.3, 0.4) is 0 Å². The van der Waals surface area contributed by atoms with E-state index in [1.165, 1.54) is 17.3 Å². The molecule has 0 aliphatic heterocycles. The van der Waals surface area contributed by atoms with Gasteiger partial charge in [-0.3, -0.25) is 4.79 Å². The van der Waals surface area contributed by atoms with E-state index < -0.39 is 0 Å². The highest BCUT2D eigenvalue weighted by Crippen LogP contribution is 2.27. The van der Waals surface area contributed by atoms with Crippen molar-refractivity contribution in [2.24, 2.45) is 0 Å². The summed E-state index contributed by atoms with van der Waals surface area (Å²) in [6.07, 6.45) is 2.18. The average Bonchev–Trinajstić information content (AvgIpc) is 3.31. The van der Waals surface area contributed by atoms with Crippen LogP contribution in [-0.2, 0) is 17.8 Å². The number of benzene rings is 1. The predicted molar refractivity (Wildman–Crippen MR) is 109 cm³/mol. The number of thioether (sulfide) groups is 1. The zero-order valence-electron chi connectivity index (χ0n) is 14.9. The summed E-state index contributed by atoms with van der Waals surface area (Å²) in [5.41, 5.74) is 2.11. The molecule has 0 spiro atoms. The number of nitrogens with one attached hydrogen (secondary N) is 1. The van der Waals surface area contributed by atoms with Crippen LogP contribution in [0.2, 0.25) is 0 Å². The highest BCUT2D eigenvalue weighted by molar-refractivity contribution is 7.99. The molecule has 0 radical (unpaired) electrons. The molecular formula is C19H22N4OS2. The molecule has 0 saturated heterocycles. The minimum absolute atomic E-state index is 0.0402. The van der Waals surface area contributed by atoms with E-state index >= 15 is 0 Å². The van der Waals surface area contributed by atoms with Gasteiger partial charge in [-0.1, -0.05) is 43.3 Å². The number of aryl methyl sites for hydroxylation is 1. The maximum Gasteiger partial charge on any atom is 0.234 e. The van der Waals surface area contributed by atoms with Crippen molar-refractivity contribution in [1.29, 1.82) is 0 Å². The van der Waals surface area contributed by atoms with E-state index in [1.54, 1.807) is 11.3 Å². The van der Waals surface area contributed by atoms with Crippen molar-refractivity contribution >= 4 is 34.7 Å². The third-order valence-corrected chi connectivity index (χ3v) is 5.72. The first-order valence-corrected chi connectivity index (χ1v) is 10.6. The lowest BCUT2D eigenvalue weighted by Crippen LogP contribution is -2.14. The Bertz CT molecular complexity index is 841. The molecular weight excluding hydrogens is 364 g/mol. The Kier molecular flexibility index (Phi) is 6.46. The summed E-state index contributed by atoms with van der Waals surface area (Å²) in [4.78, 5) is 13.3. The highest BCUT2D eigenvalue weighted by Gasteiger charge is 2.15. The Labute approximate surface area is 161 Å². The Morgan fingerprint density at radius 2 is 2.00 bits per heavy atom. The number of thiophene rings is 1. The van der Waals surface area contributed by atoms with E-state index in [1.807, 2.05) is 34.2 Å². The summed E-state index contributed by atoms with van der Waals surface area (Å²) in [5.74, 6) is 1.12. The monoisotopic (exact) mass is 386 g/mol. The summed E-state index contributed by atoms with van der Waals surface area (Å²) in [7, 11) is 0. The van der Waals surface area contributed by atoms with Gasteiger partial charge < -0.3 is 9.88 Å². The molecule has 0 unspecified atom stereocenters. The number of carbonyl (C=O) groups is 1. The van der Waals surface area contributed by atoms with Crippen LogP contribution in [0.5, 0.6) is 0 Å². The van der Waals surface area contributed by atoms with Crippen LogP contribution in [0.1, 0.15) is 25.8 Å². The number of amides is 1. The van der Waals surface area contributed by atoms with Gasteiger partial charge in [-0.25, -0.2) is 0 Å². The largest absolute Gasteiger partial charge is 0.325 e. The van der Waals surface area contributed by atoms with E-state index in [0.29, 0.717) is 5.75 Å². The van der Waals surface area contributed by atoms with Crippen molar-refractivity contribution in [3.63, 3.8) is 0 Å². The van der Waals surface area contributed by atoms with Crippen LogP contribution in [0, 0.1) is 0 Å². The lowest BCUT2D eigenvalue weighted by Gasteiger charge is -2.07. The molecule has 7 heteroatoms. The lowest BCUT2D eigenvalue weighted by molar-refractivity contribution is -0.113. The summed E-state index contributed by atoms with van der Waals surface area (Å²) in [6, 6.07) is 12.1. The number of hydrogen-bond acceptors (Lipinski definition) is 5. The molecule has 0 aliphatic rings. The first-order valence-electron chi connectivity index (χ1n) is 8.70. The molecule has 26 heavy (non-hydrogen) atoms. The normalized spacial score (nSPS) is 10.8. The van der Waals surface area contributed by atoms with Crippen molar-refractivity contribution in [1.82, 2.24) is 14.8 Å². The average molecular weight is 387 g/mol. The smallest absolute Gasteiger partial charge is 0.234 e. The molecule has 0 bridgehead atoms. The van der Waals surface area contributed by atoms with Gasteiger partial charge >= 0.3 is 0 Å². The van der Waals surface area contributed by atoms with Gasteiger partial charge in [-0.2, -0.15) is 0 Å². The van der Waals surface area contributed by atoms with E-state index in [-0.39, 0.29) is 5.91 Å². The van der Waals surface area contributed by atoms with Crippen molar-refractivity contribution in [2.45, 2.75) is 38.4 Å². The molecule has 0 fully saturated rings. The van der Waals surface area contributed by atoms with Gasteiger partial charge in [0.2, 0.25) is 5.91 Å². The first kappa shape index (κ1) is 18.7. The van der Waals surface area contributed by atoms with E-state index in [9.17, 15) is 4.79 Å². The topological polar surface area (TPSA) is 59.8 Å². The molecule has 5 nitrogen and oxygen atoms in total. The maximum atomic E-state index is 12.2. The lowest BCUT2D eigenvalue weighted by atomic mass is 10.1. The Hall–Kier alpha value is -2.12. The van der Waals surface area contributed by atoms with Crippen LogP contribution in [0.15, 0.2) is 46.9 Å². The molecule has 0 saturated carbocycles. The minimum Gasteiger partial charge on any atom is -0.325 e. The molecule has 0 aliphatic carbocycles. The van der Waals surface area contributed by atoms with Gasteiger partial charge in [0.15, 0.2) is 11.0 Å². The van der Waals surface area contributed by atoms with Crippen molar-refractivity contribution in [3.05, 3.63) is 47.3 Å². The summed E-state index contributed by atoms with van der Waals surface area (Å²) in [5, 5.41) is 14.3. The number of nitrogens with zero attached hydrogens (tertiary/aromatic N) is 3. The van der Waals surface area contributed by atoms with Gasteiger partial charge in [-0.05, 0) is 42.5 Å². The third kappa shape index (κ3) is 4.53. The molecule has 0 atom stereocenters. The molecule has 136 valence electrons. The fraction of sp³-hybridized carbons (Fsp3) is 0.316. The van der Waals surface area contributed by atoms with Crippen LogP contribution in [-0.4, -0.2) is 26.4 Å². The zero-order valence-corrected chi connectivity index (χ0v) is 16.6. The molecule has 1 N–H and O–H groups in total. The highest BCUT2D eigenvalue weighted by atomic mass is 32.2. The third-order valence-electron chi connectivity index (χ3n) is 3.88. The molecule has 1 amide bonds. The number of anilines is 1. The molecule has 3 rings (SSSR count). The first-order chi connectivity index (χ1) is 12.7. The number of aromatic nitrogens is 3. The zero-order chi connectivity index (χ0) is 18.4. The summed E-state index contributed by atoms with van der Waals surface area (Å²) in [6.45, 7) is 4.98. The van der Waals surface area contributed by atoms with Crippen LogP contribution >= 0.6 is 23.1 Å². The number of hydrogen-bond donors (Lipinski definition) is 1. The van der Waals surface area contributed by atoms with Crippen LogP contribution in [0.25, 0.3) is 10.7 Å². The molecule has 2 aromatic heterocycles. The van der Waals surface area contributed by atoms with Crippen LogP contribution < -0.4 is 5.32 Å². The van der Waals surface area contributed by atoms with Gasteiger partial charge in [0.1, 0.15) is 0 Å². The second kappa shape index (κ2) is 9.00. The van der Waals surface area contributed by atoms with E-state index in [2.05, 4.69) is 41.5 Å².